The molecule has 0 aliphatic carbocycles. The van der Waals surface area contributed by atoms with Crippen molar-refractivity contribution in [3.05, 3.63) is 59.7 Å². The Balaban J connectivity index is 1.71. The molecule has 0 radical (unpaired) electrons. The smallest absolute Gasteiger partial charge is 0.241 e. The van der Waals surface area contributed by atoms with Crippen LogP contribution in [0, 0.1) is 12.7 Å². The van der Waals surface area contributed by atoms with E-state index in [0.717, 1.165) is 43.5 Å². The van der Waals surface area contributed by atoms with Crippen LogP contribution in [0.4, 0.5) is 10.1 Å². The van der Waals surface area contributed by atoms with Gasteiger partial charge in [-0.1, -0.05) is 6.42 Å². The number of hydrogen-bond acceptors (Lipinski definition) is 3. The highest BCUT2D eigenvalue weighted by molar-refractivity contribution is 5.95. The molecule has 1 fully saturated rings. The number of nitrogens with one attached hydrogen (secondary N) is 1. The average Bonchev–Trinajstić information content (AvgIpc) is 2.59. The second kappa shape index (κ2) is 7.53. The first-order valence-corrected chi connectivity index (χ1v) is 8.33. The van der Waals surface area contributed by atoms with Crippen LogP contribution in [0.1, 0.15) is 30.4 Å². The molecular formula is C19H22FN3O. The summed E-state index contributed by atoms with van der Waals surface area (Å²) in [6.07, 6.45) is 6.54. The predicted octanol–water partition coefficient (Wildman–Crippen LogP) is 3.52. The summed E-state index contributed by atoms with van der Waals surface area (Å²) in [5.74, 6) is -0.305. The first-order valence-electron chi connectivity index (χ1n) is 8.33. The number of aromatic nitrogens is 1. The number of halogens is 1. The van der Waals surface area contributed by atoms with Crippen LogP contribution in [0.3, 0.4) is 0 Å². The second-order valence-corrected chi connectivity index (χ2v) is 6.29. The number of piperidine rings is 1. The highest BCUT2D eigenvalue weighted by atomic mass is 19.1. The van der Waals surface area contributed by atoms with Gasteiger partial charge in [-0.05, 0) is 67.8 Å². The molecule has 1 N–H and O–H groups in total. The van der Waals surface area contributed by atoms with Gasteiger partial charge in [0.2, 0.25) is 5.91 Å². The van der Waals surface area contributed by atoms with E-state index >= 15 is 0 Å². The van der Waals surface area contributed by atoms with Crippen LogP contribution < -0.4 is 5.32 Å². The number of benzene rings is 1. The molecule has 0 spiro atoms. The normalized spacial score (nSPS) is 18.3. The maximum Gasteiger partial charge on any atom is 0.241 e. The predicted molar refractivity (Wildman–Crippen MR) is 92.1 cm³/mol. The summed E-state index contributed by atoms with van der Waals surface area (Å²) < 4.78 is 13.2. The third-order valence-corrected chi connectivity index (χ3v) is 4.50. The van der Waals surface area contributed by atoms with Gasteiger partial charge in [-0.25, -0.2) is 4.39 Å². The van der Waals surface area contributed by atoms with Crippen molar-refractivity contribution >= 4 is 11.6 Å². The first-order chi connectivity index (χ1) is 11.6. The van der Waals surface area contributed by atoms with Gasteiger partial charge in [0.1, 0.15) is 5.82 Å². The number of carbonyl (C=O) groups excluding carboxylic acids is 1. The molecule has 4 nitrogen and oxygen atoms in total. The Kier molecular flexibility index (Phi) is 5.20. The molecule has 126 valence electrons. The number of carbonyl (C=O) groups is 1. The Morgan fingerprint density at radius 2 is 2.08 bits per heavy atom. The van der Waals surface area contributed by atoms with Crippen LogP contribution in [-0.4, -0.2) is 28.4 Å². The lowest BCUT2D eigenvalue weighted by Gasteiger charge is -2.34. The fourth-order valence-corrected chi connectivity index (χ4v) is 3.18. The van der Waals surface area contributed by atoms with Gasteiger partial charge >= 0.3 is 0 Å². The highest BCUT2D eigenvalue weighted by Crippen LogP contribution is 2.22. The van der Waals surface area contributed by atoms with Crippen LogP contribution in [0.2, 0.25) is 0 Å². The van der Waals surface area contributed by atoms with E-state index in [-0.39, 0.29) is 17.8 Å². The molecule has 5 heteroatoms. The zero-order valence-corrected chi connectivity index (χ0v) is 13.8. The quantitative estimate of drug-likeness (QED) is 0.934. The highest BCUT2D eigenvalue weighted by Gasteiger charge is 2.28. The standard InChI is InChI=1S/C19H22FN3O/c1-14-12-16(20)5-6-17(14)22-19(24)18-4-2-3-11-23(18)13-15-7-9-21-10-8-15/h5-10,12,18H,2-4,11,13H2,1H3,(H,22,24)/t18-/m1/s1. The number of hydrogen-bond donors (Lipinski definition) is 1. The number of anilines is 1. The topological polar surface area (TPSA) is 45.2 Å². The minimum atomic E-state index is -0.289. The molecule has 0 unspecified atom stereocenters. The molecule has 1 aliphatic heterocycles. The van der Waals surface area contributed by atoms with Crippen LogP contribution >= 0.6 is 0 Å². The number of amides is 1. The molecule has 1 saturated heterocycles. The van der Waals surface area contributed by atoms with Gasteiger partial charge < -0.3 is 5.32 Å². The Morgan fingerprint density at radius 3 is 2.83 bits per heavy atom. The van der Waals surface area contributed by atoms with Gasteiger partial charge in [-0.3, -0.25) is 14.7 Å². The Morgan fingerprint density at radius 1 is 1.29 bits per heavy atom. The molecule has 0 bridgehead atoms. The number of aryl methyl sites for hydroxylation is 1. The monoisotopic (exact) mass is 327 g/mol. The molecule has 3 rings (SSSR count). The molecule has 1 atom stereocenters. The summed E-state index contributed by atoms with van der Waals surface area (Å²) in [6, 6.07) is 8.24. The van der Waals surface area contributed by atoms with Gasteiger partial charge in [0.15, 0.2) is 0 Å². The minimum absolute atomic E-state index is 0.0153. The van der Waals surface area contributed by atoms with E-state index in [4.69, 9.17) is 0 Å². The van der Waals surface area contributed by atoms with Crippen LogP contribution in [-0.2, 0) is 11.3 Å². The fourth-order valence-electron chi connectivity index (χ4n) is 3.18. The summed E-state index contributed by atoms with van der Waals surface area (Å²) in [6.45, 7) is 3.44. The van der Waals surface area contributed by atoms with E-state index in [1.807, 2.05) is 12.1 Å². The van der Waals surface area contributed by atoms with Crippen molar-refractivity contribution in [1.29, 1.82) is 0 Å². The van der Waals surface area contributed by atoms with Crippen molar-refractivity contribution in [3.63, 3.8) is 0 Å². The molecule has 2 heterocycles. The molecule has 0 saturated carbocycles. The maximum atomic E-state index is 13.2. The van der Waals surface area contributed by atoms with Crippen molar-refractivity contribution in [2.45, 2.75) is 38.8 Å². The van der Waals surface area contributed by atoms with Gasteiger partial charge in [0, 0.05) is 24.6 Å². The molecule has 24 heavy (non-hydrogen) atoms. The zero-order chi connectivity index (χ0) is 16.9. The summed E-state index contributed by atoms with van der Waals surface area (Å²) in [5, 5.41) is 2.96. The summed E-state index contributed by atoms with van der Waals surface area (Å²) in [5.41, 5.74) is 2.57. The number of rotatable bonds is 4. The average molecular weight is 327 g/mol. The van der Waals surface area contributed by atoms with Crippen molar-refractivity contribution < 1.29 is 9.18 Å². The maximum absolute atomic E-state index is 13.2. The SMILES string of the molecule is Cc1cc(F)ccc1NC(=O)[C@H]1CCCCN1Cc1ccncc1. The number of likely N-dealkylation sites (tertiary alicyclic amines) is 1. The Hall–Kier alpha value is -2.27. The number of pyridine rings is 1. The third kappa shape index (κ3) is 3.97. The van der Waals surface area contributed by atoms with Crippen molar-refractivity contribution in [1.82, 2.24) is 9.88 Å². The summed E-state index contributed by atoms with van der Waals surface area (Å²) in [7, 11) is 0. The van der Waals surface area contributed by atoms with E-state index in [1.165, 1.54) is 12.1 Å². The van der Waals surface area contributed by atoms with Crippen molar-refractivity contribution in [2.24, 2.45) is 0 Å². The van der Waals surface area contributed by atoms with Crippen molar-refractivity contribution in [2.75, 3.05) is 11.9 Å². The minimum Gasteiger partial charge on any atom is -0.324 e. The largest absolute Gasteiger partial charge is 0.324 e. The molecule has 1 aromatic carbocycles. The molecule has 1 amide bonds. The summed E-state index contributed by atoms with van der Waals surface area (Å²) >= 11 is 0. The molecule has 2 aromatic rings. The summed E-state index contributed by atoms with van der Waals surface area (Å²) in [4.78, 5) is 19.0. The lowest BCUT2D eigenvalue weighted by Crippen LogP contribution is -2.46. The number of nitrogens with zero attached hydrogens (tertiary/aromatic N) is 2. The fraction of sp³-hybridized carbons (Fsp3) is 0.368. The van der Waals surface area contributed by atoms with Crippen LogP contribution in [0.25, 0.3) is 0 Å². The second-order valence-electron chi connectivity index (χ2n) is 6.29. The molecular weight excluding hydrogens is 305 g/mol. The van der Waals surface area contributed by atoms with E-state index < -0.39 is 0 Å². The molecule has 1 aliphatic rings. The van der Waals surface area contributed by atoms with Crippen LogP contribution in [0.15, 0.2) is 42.7 Å². The Bertz CT molecular complexity index is 705. The van der Waals surface area contributed by atoms with Gasteiger partial charge in [-0.2, -0.15) is 0 Å². The van der Waals surface area contributed by atoms with Crippen molar-refractivity contribution in [3.8, 4) is 0 Å². The van der Waals surface area contributed by atoms with E-state index in [9.17, 15) is 9.18 Å². The zero-order valence-electron chi connectivity index (χ0n) is 13.8. The Labute approximate surface area is 141 Å². The lowest BCUT2D eigenvalue weighted by atomic mass is 10.00. The lowest BCUT2D eigenvalue weighted by molar-refractivity contribution is -0.122. The van der Waals surface area contributed by atoms with Gasteiger partial charge in [0.25, 0.3) is 0 Å². The van der Waals surface area contributed by atoms with Gasteiger partial charge in [0.05, 0.1) is 6.04 Å². The molecule has 1 aromatic heterocycles. The van der Waals surface area contributed by atoms with E-state index in [2.05, 4.69) is 15.2 Å². The van der Waals surface area contributed by atoms with E-state index in [1.54, 1.807) is 25.4 Å². The van der Waals surface area contributed by atoms with Gasteiger partial charge in [-0.15, -0.1) is 0 Å². The van der Waals surface area contributed by atoms with Crippen LogP contribution in [0.5, 0.6) is 0 Å². The first kappa shape index (κ1) is 16.6. The van der Waals surface area contributed by atoms with E-state index in [0.29, 0.717) is 5.69 Å². The third-order valence-electron chi connectivity index (χ3n) is 4.50.